The van der Waals surface area contributed by atoms with E-state index >= 15 is 0 Å². The molecule has 2 aromatic heterocycles. The molecule has 0 aliphatic heterocycles. The van der Waals surface area contributed by atoms with Gasteiger partial charge in [-0.05, 0) is 62.8 Å². The number of hydrogen-bond donors (Lipinski definition) is 12. The van der Waals surface area contributed by atoms with E-state index in [-0.39, 0.29) is 94.1 Å². The summed E-state index contributed by atoms with van der Waals surface area (Å²) >= 11 is 0. The van der Waals surface area contributed by atoms with Crippen LogP contribution in [-0.4, -0.2) is 163 Å². The van der Waals surface area contributed by atoms with Gasteiger partial charge in [0, 0.05) is 64.7 Å². The van der Waals surface area contributed by atoms with Crippen LogP contribution in [0.3, 0.4) is 0 Å². The largest absolute Gasteiger partial charge is 0.480 e. The number of aliphatic carboxylic acids is 1. The van der Waals surface area contributed by atoms with Gasteiger partial charge in [0.05, 0.1) is 31.0 Å². The standard InChI is InChI=1S/C43H64N16O12/c1-5-8-30(52-39(65)29(44)9-6-19-58(70)24(2)60)41(67)53-31(10-7-20-59(71)25(3)61)40(66)50-22-34(63)48-18-17-47-33(62)16-15-32(42(68)69)54-38(64)26-11-13-28(14-12-26)57(4)23-27-21-49-37-35(51-27)36(45)55-43(46)56-37/h11-14,21,29-32,70-71H,5-10,15-20,22-23,44H2,1-4H3,(H,47,62)(H,48,63)(H,50,66)(H,52,65)(H,53,67)(H,54,64)(H,68,69)(H4,45,46,49,55,56)/t29-,30-,31?,32+/m0/s1. The molecule has 71 heavy (non-hydrogen) atoms. The van der Waals surface area contributed by atoms with Gasteiger partial charge in [0.1, 0.15) is 18.1 Å². The molecule has 3 aromatic rings. The van der Waals surface area contributed by atoms with E-state index in [1.165, 1.54) is 18.3 Å². The first kappa shape index (κ1) is 57.5. The van der Waals surface area contributed by atoms with E-state index < -0.39 is 83.9 Å². The third kappa shape index (κ3) is 19.6. The molecule has 15 N–H and O–H groups in total. The first-order valence-corrected chi connectivity index (χ1v) is 22.6. The minimum atomic E-state index is -1.41. The molecular weight excluding hydrogens is 933 g/mol. The number of amides is 8. The SMILES string of the molecule is CCC[C@H](NC(=O)[C@@H](N)CCCN(O)C(C)=O)C(=O)NC(CCCN(O)C(C)=O)C(=O)NCC(=O)NCCNC(=O)CC[C@@H](NC(=O)c1ccc(N(C)Cc2cnc3nc(N)nc(N)c3n2)cc1)C(=O)O. The average Bonchev–Trinajstić information content (AvgIpc) is 3.32. The van der Waals surface area contributed by atoms with Gasteiger partial charge in [-0.2, -0.15) is 9.97 Å². The molecular formula is C43H64N16O12. The Balaban J connectivity index is 1.45. The first-order chi connectivity index (χ1) is 33.6. The molecule has 0 bridgehead atoms. The van der Waals surface area contributed by atoms with Crippen LogP contribution in [0.2, 0.25) is 0 Å². The Bertz CT molecular complexity index is 2360. The molecule has 28 heteroatoms. The number of carbonyl (C=O) groups excluding carboxylic acids is 8. The van der Waals surface area contributed by atoms with Gasteiger partial charge in [-0.3, -0.25) is 48.8 Å². The zero-order valence-corrected chi connectivity index (χ0v) is 40.0. The van der Waals surface area contributed by atoms with Crippen molar-refractivity contribution in [2.24, 2.45) is 5.73 Å². The summed E-state index contributed by atoms with van der Waals surface area (Å²) in [7, 11) is 1.79. The van der Waals surface area contributed by atoms with Crippen LogP contribution >= 0.6 is 0 Å². The van der Waals surface area contributed by atoms with Gasteiger partial charge >= 0.3 is 5.97 Å². The molecule has 1 unspecified atom stereocenters. The van der Waals surface area contributed by atoms with Crippen LogP contribution in [0.1, 0.15) is 88.2 Å². The number of hydrogen-bond acceptors (Lipinski definition) is 19. The van der Waals surface area contributed by atoms with Crippen LogP contribution < -0.4 is 54.0 Å². The Labute approximate surface area is 408 Å². The summed E-state index contributed by atoms with van der Waals surface area (Å²) in [5.74, 6) is -6.68. The third-order valence-electron chi connectivity index (χ3n) is 10.6. The predicted molar refractivity (Wildman–Crippen MR) is 253 cm³/mol. The highest BCUT2D eigenvalue weighted by atomic mass is 16.5. The van der Waals surface area contributed by atoms with Crippen molar-refractivity contribution in [3.8, 4) is 0 Å². The normalized spacial score (nSPS) is 12.5. The Morgan fingerprint density at radius 1 is 0.704 bits per heavy atom. The van der Waals surface area contributed by atoms with Gasteiger partial charge in [-0.1, -0.05) is 13.3 Å². The van der Waals surface area contributed by atoms with Crippen LogP contribution in [0.25, 0.3) is 11.2 Å². The highest BCUT2D eigenvalue weighted by molar-refractivity contribution is 5.97. The van der Waals surface area contributed by atoms with Crippen LogP contribution in [0.15, 0.2) is 30.5 Å². The van der Waals surface area contributed by atoms with Crippen molar-refractivity contribution in [3.05, 3.63) is 41.7 Å². The maximum Gasteiger partial charge on any atom is 0.326 e. The fraction of sp³-hybridized carbons (Fsp3) is 0.512. The summed E-state index contributed by atoms with van der Waals surface area (Å²) in [4.78, 5) is 131. The summed E-state index contributed by atoms with van der Waals surface area (Å²) in [6.45, 7) is 3.38. The van der Waals surface area contributed by atoms with Crippen molar-refractivity contribution in [1.82, 2.24) is 62.0 Å². The predicted octanol–water partition coefficient (Wildman–Crippen LogP) is -2.33. The monoisotopic (exact) mass is 996 g/mol. The highest BCUT2D eigenvalue weighted by Gasteiger charge is 2.29. The fourth-order valence-corrected chi connectivity index (χ4v) is 6.61. The lowest BCUT2D eigenvalue weighted by Crippen LogP contribution is -2.56. The van der Waals surface area contributed by atoms with Crippen LogP contribution in [0.4, 0.5) is 17.5 Å². The van der Waals surface area contributed by atoms with E-state index in [0.29, 0.717) is 40.0 Å². The summed E-state index contributed by atoms with van der Waals surface area (Å²) in [6.07, 6.45) is 1.80. The zero-order chi connectivity index (χ0) is 52.8. The van der Waals surface area contributed by atoms with Crippen molar-refractivity contribution in [2.45, 2.75) is 103 Å². The van der Waals surface area contributed by atoms with E-state index in [2.05, 4.69) is 51.8 Å². The fourth-order valence-electron chi connectivity index (χ4n) is 6.61. The van der Waals surface area contributed by atoms with E-state index in [0.717, 1.165) is 13.8 Å². The minimum Gasteiger partial charge on any atom is -0.480 e. The molecule has 0 saturated heterocycles. The van der Waals surface area contributed by atoms with Gasteiger partial charge in [0.15, 0.2) is 17.0 Å². The second-order valence-electron chi connectivity index (χ2n) is 16.3. The number of nitrogens with one attached hydrogen (secondary N) is 6. The Morgan fingerprint density at radius 2 is 1.30 bits per heavy atom. The van der Waals surface area contributed by atoms with Gasteiger partial charge in [0.2, 0.25) is 47.3 Å². The van der Waals surface area contributed by atoms with E-state index in [4.69, 9.17) is 17.2 Å². The average molecular weight is 997 g/mol. The molecule has 8 amide bonds. The van der Waals surface area contributed by atoms with Gasteiger partial charge in [-0.15, -0.1) is 0 Å². The molecule has 0 saturated carbocycles. The number of nitrogens with two attached hydrogens (primary N) is 3. The number of carbonyl (C=O) groups is 9. The van der Waals surface area contributed by atoms with Crippen molar-refractivity contribution in [2.75, 3.05) is 56.1 Å². The van der Waals surface area contributed by atoms with Crippen molar-refractivity contribution < 1.29 is 58.7 Å². The highest BCUT2D eigenvalue weighted by Crippen LogP contribution is 2.19. The maximum atomic E-state index is 13.4. The van der Waals surface area contributed by atoms with Crippen molar-refractivity contribution >= 4 is 81.8 Å². The number of fused-ring (bicyclic) bond motifs is 1. The van der Waals surface area contributed by atoms with Crippen LogP contribution in [0.5, 0.6) is 0 Å². The smallest absolute Gasteiger partial charge is 0.326 e. The quantitative estimate of drug-likeness (QED) is 0.0197. The number of rotatable bonds is 29. The Morgan fingerprint density at radius 3 is 1.90 bits per heavy atom. The zero-order valence-electron chi connectivity index (χ0n) is 40.0. The number of benzene rings is 1. The minimum absolute atomic E-state index is 0.0245. The van der Waals surface area contributed by atoms with Gasteiger partial charge in [-0.25, -0.2) is 24.9 Å². The van der Waals surface area contributed by atoms with Crippen molar-refractivity contribution in [1.29, 1.82) is 0 Å². The van der Waals surface area contributed by atoms with Crippen LogP contribution in [0, 0.1) is 0 Å². The summed E-state index contributed by atoms with van der Waals surface area (Å²) in [6, 6.07) is 1.43. The lowest BCUT2D eigenvalue weighted by molar-refractivity contribution is -0.163. The van der Waals surface area contributed by atoms with Crippen molar-refractivity contribution in [3.63, 3.8) is 0 Å². The molecule has 0 fully saturated rings. The molecule has 0 radical (unpaired) electrons. The number of hydroxylamine groups is 4. The molecule has 2 heterocycles. The van der Waals surface area contributed by atoms with Crippen LogP contribution in [-0.2, 0) is 44.9 Å². The van der Waals surface area contributed by atoms with E-state index in [1.807, 2.05) is 4.90 Å². The Hall–Kier alpha value is -7.85. The first-order valence-electron chi connectivity index (χ1n) is 22.6. The van der Waals surface area contributed by atoms with Gasteiger partial charge in [0.25, 0.3) is 5.91 Å². The summed E-state index contributed by atoms with van der Waals surface area (Å²) in [5, 5.41) is 45.0. The second kappa shape index (κ2) is 28.6. The number of nitrogen functional groups attached to an aromatic ring is 2. The Kier molecular flexibility index (Phi) is 23.1. The molecule has 1 aromatic carbocycles. The topological polar surface area (TPSA) is 426 Å². The van der Waals surface area contributed by atoms with E-state index in [9.17, 15) is 58.7 Å². The van der Waals surface area contributed by atoms with Gasteiger partial charge < -0.3 is 59.1 Å². The lowest BCUT2D eigenvalue weighted by Gasteiger charge is -2.24. The summed E-state index contributed by atoms with van der Waals surface area (Å²) in [5.41, 5.74) is 19.5. The van der Waals surface area contributed by atoms with E-state index in [1.54, 1.807) is 26.1 Å². The molecule has 4 atom stereocenters. The maximum absolute atomic E-state index is 13.4. The second-order valence-corrected chi connectivity index (χ2v) is 16.3. The number of nitrogens with zero attached hydrogens (tertiary/aromatic N) is 7. The molecule has 28 nitrogen and oxygen atoms in total. The number of anilines is 3. The molecule has 3 rings (SSSR count). The molecule has 0 aliphatic carbocycles. The number of carboxylic acids is 1. The lowest BCUT2D eigenvalue weighted by atomic mass is 10.1. The molecule has 388 valence electrons. The summed E-state index contributed by atoms with van der Waals surface area (Å²) < 4.78 is 0. The molecule has 0 spiro atoms. The number of aromatic nitrogens is 4. The number of carboxylic acid groups (broad SMARTS) is 1. The third-order valence-corrected chi connectivity index (χ3v) is 10.6. The molecule has 0 aliphatic rings.